The van der Waals surface area contributed by atoms with Crippen molar-refractivity contribution in [3.63, 3.8) is 0 Å². The summed E-state index contributed by atoms with van der Waals surface area (Å²) in [5, 5.41) is 14.0. The lowest BCUT2D eigenvalue weighted by atomic mass is 9.53. The number of hydrogen-bond acceptors (Lipinski definition) is 4. The normalized spacial score (nSPS) is 28.6. The maximum Gasteiger partial charge on any atom is 0.258 e. The van der Waals surface area contributed by atoms with Crippen molar-refractivity contribution < 1.29 is 9.53 Å². The van der Waals surface area contributed by atoms with Crippen LogP contribution in [0.25, 0.3) is 22.0 Å². The molecule has 0 radical (unpaired) electrons. The highest BCUT2D eigenvalue weighted by Crippen LogP contribution is 2.55. The molecule has 7 rings (SSSR count). The Hall–Kier alpha value is -2.95. The van der Waals surface area contributed by atoms with Gasteiger partial charge in [-0.15, -0.1) is 10.2 Å². The molecule has 1 amide bonds. The van der Waals surface area contributed by atoms with Crippen LogP contribution < -0.4 is 10.1 Å². The van der Waals surface area contributed by atoms with E-state index in [1.54, 1.807) is 0 Å². The van der Waals surface area contributed by atoms with E-state index in [4.69, 9.17) is 4.74 Å². The molecule has 0 unspecified atom stereocenters. The van der Waals surface area contributed by atoms with Gasteiger partial charge in [0.1, 0.15) is 5.69 Å². The fourth-order valence-corrected chi connectivity index (χ4v) is 6.72. The molecule has 4 bridgehead atoms. The van der Waals surface area contributed by atoms with Gasteiger partial charge in [-0.3, -0.25) is 4.79 Å². The predicted octanol–water partition coefficient (Wildman–Crippen LogP) is 4.76. The van der Waals surface area contributed by atoms with Crippen LogP contribution in [0.2, 0.25) is 0 Å². The van der Waals surface area contributed by atoms with Crippen molar-refractivity contribution in [2.45, 2.75) is 44.1 Å². The quantitative estimate of drug-likeness (QED) is 0.655. The number of amides is 1. The number of hydrogen-bond donors (Lipinski definition) is 1. The van der Waals surface area contributed by atoms with E-state index in [-0.39, 0.29) is 18.1 Å². The van der Waals surface area contributed by atoms with Gasteiger partial charge < -0.3 is 10.1 Å². The Labute approximate surface area is 182 Å². The zero-order valence-electron chi connectivity index (χ0n) is 17.6. The first-order valence-corrected chi connectivity index (χ1v) is 11.4. The Morgan fingerprint density at radius 1 is 0.871 bits per heavy atom. The first-order chi connectivity index (χ1) is 15.2. The number of carbonyl (C=O) groups is 1. The summed E-state index contributed by atoms with van der Waals surface area (Å²) < 4.78 is 5.90. The minimum absolute atomic E-state index is 0.000106. The van der Waals surface area contributed by atoms with E-state index in [1.807, 2.05) is 54.6 Å². The predicted molar refractivity (Wildman–Crippen MR) is 120 cm³/mol. The molecule has 1 aromatic heterocycles. The molecule has 0 aliphatic heterocycles. The number of benzene rings is 2. The van der Waals surface area contributed by atoms with Gasteiger partial charge >= 0.3 is 0 Å². The lowest BCUT2D eigenvalue weighted by molar-refractivity contribution is -0.128. The maximum absolute atomic E-state index is 12.8. The number of carbonyl (C=O) groups excluding carboxylic acids is 1. The Kier molecular flexibility index (Phi) is 4.44. The molecule has 4 aliphatic carbocycles. The summed E-state index contributed by atoms with van der Waals surface area (Å²) in [5.74, 6) is 2.77. The second kappa shape index (κ2) is 7.33. The topological polar surface area (TPSA) is 64.1 Å². The van der Waals surface area contributed by atoms with Gasteiger partial charge in [0, 0.05) is 21.9 Å². The Balaban J connectivity index is 1.20. The first kappa shape index (κ1) is 18.8. The van der Waals surface area contributed by atoms with Crippen molar-refractivity contribution in [2.24, 2.45) is 17.8 Å². The number of aromatic nitrogens is 2. The molecule has 3 aromatic rings. The first-order valence-electron chi connectivity index (χ1n) is 11.4. The summed E-state index contributed by atoms with van der Waals surface area (Å²) in [6.45, 7) is -0.0227. The van der Waals surface area contributed by atoms with Crippen molar-refractivity contribution in [2.75, 3.05) is 6.61 Å². The summed E-state index contributed by atoms with van der Waals surface area (Å²) in [6, 6.07) is 18.0. The van der Waals surface area contributed by atoms with E-state index < -0.39 is 0 Å². The second-order valence-electron chi connectivity index (χ2n) is 9.80. The van der Waals surface area contributed by atoms with Crippen LogP contribution in [0.1, 0.15) is 38.5 Å². The molecule has 4 fully saturated rings. The lowest BCUT2D eigenvalue weighted by Gasteiger charge is -2.56. The zero-order chi connectivity index (χ0) is 20.8. The van der Waals surface area contributed by atoms with Crippen molar-refractivity contribution in [1.29, 1.82) is 0 Å². The highest BCUT2D eigenvalue weighted by molar-refractivity contribution is 5.97. The molecule has 31 heavy (non-hydrogen) atoms. The molecule has 4 saturated carbocycles. The van der Waals surface area contributed by atoms with Gasteiger partial charge in [-0.25, -0.2) is 0 Å². The van der Waals surface area contributed by atoms with E-state index in [9.17, 15) is 4.79 Å². The molecule has 1 heterocycles. The van der Waals surface area contributed by atoms with Crippen molar-refractivity contribution >= 4 is 16.7 Å². The molecule has 1 N–H and O–H groups in total. The van der Waals surface area contributed by atoms with Gasteiger partial charge in [-0.05, 0) is 62.3 Å². The average Bonchev–Trinajstić information content (AvgIpc) is 2.77. The number of rotatable bonds is 5. The molecule has 2 aromatic carbocycles. The lowest BCUT2D eigenvalue weighted by Crippen LogP contribution is -2.60. The second-order valence-corrected chi connectivity index (χ2v) is 9.80. The summed E-state index contributed by atoms with van der Waals surface area (Å²) >= 11 is 0. The van der Waals surface area contributed by atoms with Crippen molar-refractivity contribution in [3.8, 4) is 17.1 Å². The fourth-order valence-electron chi connectivity index (χ4n) is 6.72. The van der Waals surface area contributed by atoms with E-state index >= 15 is 0 Å². The smallest absolute Gasteiger partial charge is 0.258 e. The van der Waals surface area contributed by atoms with Gasteiger partial charge in [-0.1, -0.05) is 48.5 Å². The van der Waals surface area contributed by atoms with Gasteiger partial charge in [0.2, 0.25) is 5.88 Å². The highest BCUT2D eigenvalue weighted by atomic mass is 16.5. The monoisotopic (exact) mass is 413 g/mol. The fraction of sp³-hybridized carbons (Fsp3) is 0.423. The Morgan fingerprint density at radius 3 is 2.16 bits per heavy atom. The molecule has 4 aliphatic rings. The summed E-state index contributed by atoms with van der Waals surface area (Å²) in [5.41, 5.74) is 1.83. The molecule has 158 valence electrons. The summed E-state index contributed by atoms with van der Waals surface area (Å²) in [7, 11) is 0. The van der Waals surface area contributed by atoms with E-state index in [0.717, 1.165) is 59.0 Å². The molecule has 0 saturated heterocycles. The SMILES string of the molecule is O=C(COc1nnc(-c2ccccc2)c2ccccc12)NC12CC3CC(CC(C3)C1)C2. The number of nitrogens with one attached hydrogen (secondary N) is 1. The van der Waals surface area contributed by atoms with Crippen molar-refractivity contribution in [3.05, 3.63) is 54.6 Å². The maximum atomic E-state index is 12.8. The summed E-state index contributed by atoms with van der Waals surface area (Å²) in [4.78, 5) is 12.8. The molecule has 0 spiro atoms. The number of ether oxygens (including phenoxy) is 1. The Bertz CT molecular complexity index is 1090. The average molecular weight is 414 g/mol. The molecular formula is C26H27N3O2. The van der Waals surface area contributed by atoms with E-state index in [1.165, 1.54) is 19.3 Å². The van der Waals surface area contributed by atoms with Crippen LogP contribution in [0, 0.1) is 17.8 Å². The van der Waals surface area contributed by atoms with Crippen LogP contribution in [0.4, 0.5) is 0 Å². The van der Waals surface area contributed by atoms with Crippen LogP contribution in [-0.4, -0.2) is 28.3 Å². The minimum Gasteiger partial charge on any atom is -0.466 e. The standard InChI is InChI=1S/C26H27N3O2/c30-23(27-26-13-17-10-18(14-26)12-19(11-17)15-26)16-31-25-22-9-5-4-8-21(22)24(28-29-25)20-6-2-1-3-7-20/h1-9,17-19H,10-16H2,(H,27,30). The van der Waals surface area contributed by atoms with Crippen LogP contribution in [-0.2, 0) is 4.79 Å². The van der Waals surface area contributed by atoms with Crippen LogP contribution >= 0.6 is 0 Å². The summed E-state index contributed by atoms with van der Waals surface area (Å²) in [6.07, 6.45) is 7.50. The van der Waals surface area contributed by atoms with Crippen LogP contribution in [0.3, 0.4) is 0 Å². The van der Waals surface area contributed by atoms with E-state index in [2.05, 4.69) is 15.5 Å². The minimum atomic E-state index is -0.0417. The van der Waals surface area contributed by atoms with Gasteiger partial charge in [0.25, 0.3) is 5.91 Å². The van der Waals surface area contributed by atoms with Gasteiger partial charge in [-0.2, -0.15) is 0 Å². The van der Waals surface area contributed by atoms with Crippen molar-refractivity contribution in [1.82, 2.24) is 15.5 Å². The van der Waals surface area contributed by atoms with Crippen LogP contribution in [0.15, 0.2) is 54.6 Å². The largest absolute Gasteiger partial charge is 0.466 e. The van der Waals surface area contributed by atoms with Crippen LogP contribution in [0.5, 0.6) is 5.88 Å². The zero-order valence-corrected chi connectivity index (χ0v) is 17.6. The van der Waals surface area contributed by atoms with Gasteiger partial charge in [0.05, 0.1) is 0 Å². The number of fused-ring (bicyclic) bond motifs is 1. The molecule has 5 heteroatoms. The molecule has 0 atom stereocenters. The Morgan fingerprint density at radius 2 is 1.48 bits per heavy atom. The highest BCUT2D eigenvalue weighted by Gasteiger charge is 2.51. The third-order valence-corrected chi connectivity index (χ3v) is 7.48. The molecule has 5 nitrogen and oxygen atoms in total. The van der Waals surface area contributed by atoms with E-state index in [0.29, 0.717) is 5.88 Å². The third-order valence-electron chi connectivity index (χ3n) is 7.48. The molecular weight excluding hydrogens is 386 g/mol. The van der Waals surface area contributed by atoms with Gasteiger partial charge in [0.15, 0.2) is 6.61 Å². The third kappa shape index (κ3) is 3.46. The number of nitrogens with zero attached hydrogens (tertiary/aromatic N) is 2.